The summed E-state index contributed by atoms with van der Waals surface area (Å²) >= 11 is 0. The highest BCUT2D eigenvalue weighted by molar-refractivity contribution is 7.89. The molecule has 24 heavy (non-hydrogen) atoms. The van der Waals surface area contributed by atoms with Gasteiger partial charge in [-0.1, -0.05) is 26.0 Å². The molecule has 2 aliphatic heterocycles. The Morgan fingerprint density at radius 2 is 1.71 bits per heavy atom. The van der Waals surface area contributed by atoms with Gasteiger partial charge in [-0.3, -0.25) is 9.69 Å². The Hall–Kier alpha value is -1.44. The van der Waals surface area contributed by atoms with E-state index < -0.39 is 10.0 Å². The van der Waals surface area contributed by atoms with Crippen molar-refractivity contribution in [3.8, 4) is 0 Å². The fourth-order valence-electron chi connectivity index (χ4n) is 3.25. The molecule has 2 aliphatic rings. The number of esters is 1. The van der Waals surface area contributed by atoms with Crippen LogP contribution in [0.3, 0.4) is 0 Å². The second kappa shape index (κ2) is 6.82. The Labute approximate surface area is 143 Å². The Morgan fingerprint density at radius 1 is 1.08 bits per heavy atom. The van der Waals surface area contributed by atoms with Crippen molar-refractivity contribution in [2.45, 2.75) is 37.1 Å². The van der Waals surface area contributed by atoms with Crippen LogP contribution in [-0.2, 0) is 19.6 Å². The number of hydrogen-bond acceptors (Lipinski definition) is 5. The largest absolute Gasteiger partial charge is 0.464 e. The fraction of sp³-hybridized carbons (Fsp3) is 0.588. The van der Waals surface area contributed by atoms with Gasteiger partial charge in [-0.15, -0.1) is 0 Å². The molecule has 2 saturated heterocycles. The van der Waals surface area contributed by atoms with Gasteiger partial charge in [0.25, 0.3) is 0 Å². The molecular weight excluding hydrogens is 328 g/mol. The van der Waals surface area contributed by atoms with E-state index in [2.05, 4.69) is 13.8 Å². The average Bonchev–Trinajstić information content (AvgIpc) is 3.01. The first-order chi connectivity index (χ1) is 11.4. The van der Waals surface area contributed by atoms with Crippen LogP contribution in [0, 0.1) is 0 Å². The van der Waals surface area contributed by atoms with E-state index in [4.69, 9.17) is 4.74 Å². The maximum absolute atomic E-state index is 12.8. The molecule has 0 N–H and O–H groups in total. The third-order valence-electron chi connectivity index (χ3n) is 4.81. The number of carbonyl (C=O) groups excluding carboxylic acids is 1. The first-order valence-corrected chi connectivity index (χ1v) is 9.84. The summed E-state index contributed by atoms with van der Waals surface area (Å²) in [7, 11) is -3.47. The lowest BCUT2D eigenvalue weighted by Crippen LogP contribution is -2.52. The third-order valence-corrected chi connectivity index (χ3v) is 6.72. The second-order valence-corrected chi connectivity index (χ2v) is 8.57. The van der Waals surface area contributed by atoms with Gasteiger partial charge in [-0.05, 0) is 23.6 Å². The number of hydrogen-bond donors (Lipinski definition) is 0. The summed E-state index contributed by atoms with van der Waals surface area (Å²) in [6, 6.07) is 6.92. The molecule has 1 aromatic rings. The third kappa shape index (κ3) is 3.34. The summed E-state index contributed by atoms with van der Waals surface area (Å²) in [5.41, 5.74) is 1.12. The molecule has 0 radical (unpaired) electrons. The highest BCUT2D eigenvalue weighted by atomic mass is 32.2. The van der Waals surface area contributed by atoms with Crippen LogP contribution in [-0.4, -0.2) is 62.4 Å². The van der Waals surface area contributed by atoms with Crippen molar-refractivity contribution in [1.29, 1.82) is 0 Å². The van der Waals surface area contributed by atoms with Crippen molar-refractivity contribution in [3.05, 3.63) is 29.8 Å². The van der Waals surface area contributed by atoms with Crippen LogP contribution in [0.2, 0.25) is 0 Å². The molecule has 0 unspecified atom stereocenters. The van der Waals surface area contributed by atoms with E-state index in [0.29, 0.717) is 50.0 Å². The zero-order valence-corrected chi connectivity index (χ0v) is 15.0. The standard InChI is InChI=1S/C17H24N2O4S/c1-13(2)14-3-5-15(6-4-14)24(21,22)19-10-8-18(9-11-19)16-7-12-23-17(16)20/h3-6,13,16H,7-12H2,1-2H3/t16-/m0/s1. The molecule has 3 rings (SSSR count). The van der Waals surface area contributed by atoms with Crippen LogP contribution in [0.4, 0.5) is 0 Å². The molecular formula is C17H24N2O4S. The maximum atomic E-state index is 12.8. The minimum atomic E-state index is -3.47. The van der Waals surface area contributed by atoms with Gasteiger partial charge in [-0.2, -0.15) is 4.31 Å². The van der Waals surface area contributed by atoms with Gasteiger partial charge < -0.3 is 4.74 Å². The number of piperazine rings is 1. The molecule has 6 nitrogen and oxygen atoms in total. The van der Waals surface area contributed by atoms with E-state index in [-0.39, 0.29) is 12.0 Å². The first-order valence-electron chi connectivity index (χ1n) is 8.40. The van der Waals surface area contributed by atoms with Crippen LogP contribution in [0.15, 0.2) is 29.2 Å². The van der Waals surface area contributed by atoms with Gasteiger partial charge >= 0.3 is 5.97 Å². The molecule has 0 amide bonds. The molecule has 132 valence electrons. The summed E-state index contributed by atoms with van der Waals surface area (Å²) in [6.07, 6.45) is 0.697. The Morgan fingerprint density at radius 3 is 2.21 bits per heavy atom. The number of ether oxygens (including phenoxy) is 1. The van der Waals surface area contributed by atoms with Crippen molar-refractivity contribution < 1.29 is 17.9 Å². The first kappa shape index (κ1) is 17.4. The monoisotopic (exact) mass is 352 g/mol. The lowest BCUT2D eigenvalue weighted by molar-refractivity contribution is -0.142. The van der Waals surface area contributed by atoms with E-state index in [9.17, 15) is 13.2 Å². The van der Waals surface area contributed by atoms with Gasteiger partial charge in [0.05, 0.1) is 11.5 Å². The van der Waals surface area contributed by atoms with E-state index in [1.165, 1.54) is 4.31 Å². The van der Waals surface area contributed by atoms with Gasteiger partial charge in [0.1, 0.15) is 6.04 Å². The quantitative estimate of drug-likeness (QED) is 0.767. The van der Waals surface area contributed by atoms with Crippen molar-refractivity contribution in [1.82, 2.24) is 9.21 Å². The van der Waals surface area contributed by atoms with Crippen LogP contribution in [0.5, 0.6) is 0 Å². The molecule has 7 heteroatoms. The summed E-state index contributed by atoms with van der Waals surface area (Å²) in [5, 5.41) is 0. The number of nitrogens with zero attached hydrogens (tertiary/aromatic N) is 2. The summed E-state index contributed by atoms with van der Waals surface area (Å²) < 4.78 is 32.1. The van der Waals surface area contributed by atoms with E-state index in [1.807, 2.05) is 17.0 Å². The van der Waals surface area contributed by atoms with E-state index in [0.717, 1.165) is 5.56 Å². The van der Waals surface area contributed by atoms with Gasteiger partial charge in [0.2, 0.25) is 10.0 Å². The number of carbonyl (C=O) groups is 1. The molecule has 0 bridgehead atoms. The van der Waals surface area contributed by atoms with Gasteiger partial charge in [0, 0.05) is 32.6 Å². The maximum Gasteiger partial charge on any atom is 0.323 e. The summed E-state index contributed by atoms with van der Waals surface area (Å²) in [5.74, 6) is 0.187. The fourth-order valence-corrected chi connectivity index (χ4v) is 4.67. The number of cyclic esters (lactones) is 1. The lowest BCUT2D eigenvalue weighted by Gasteiger charge is -2.35. The second-order valence-electron chi connectivity index (χ2n) is 6.64. The Kier molecular flexibility index (Phi) is 4.94. The Bertz CT molecular complexity index is 692. The van der Waals surface area contributed by atoms with Gasteiger partial charge in [-0.25, -0.2) is 8.42 Å². The van der Waals surface area contributed by atoms with Crippen molar-refractivity contribution in [3.63, 3.8) is 0 Å². The molecule has 2 heterocycles. The topological polar surface area (TPSA) is 66.9 Å². The van der Waals surface area contributed by atoms with Crippen LogP contribution in [0.25, 0.3) is 0 Å². The van der Waals surface area contributed by atoms with Crippen molar-refractivity contribution in [2.24, 2.45) is 0 Å². The highest BCUT2D eigenvalue weighted by Crippen LogP contribution is 2.23. The molecule has 0 saturated carbocycles. The minimum Gasteiger partial charge on any atom is -0.464 e. The Balaban J connectivity index is 1.67. The molecule has 0 aromatic heterocycles. The molecule has 2 fully saturated rings. The predicted molar refractivity (Wildman–Crippen MR) is 90.2 cm³/mol. The van der Waals surface area contributed by atoms with E-state index in [1.54, 1.807) is 12.1 Å². The van der Waals surface area contributed by atoms with Crippen LogP contribution < -0.4 is 0 Å². The normalized spacial score (nSPS) is 23.6. The average molecular weight is 352 g/mol. The SMILES string of the molecule is CC(C)c1ccc(S(=O)(=O)N2CCN([C@H]3CCOC3=O)CC2)cc1. The van der Waals surface area contributed by atoms with Crippen LogP contribution in [0.1, 0.15) is 31.7 Å². The van der Waals surface area contributed by atoms with Crippen LogP contribution >= 0.6 is 0 Å². The smallest absolute Gasteiger partial charge is 0.323 e. The number of sulfonamides is 1. The van der Waals surface area contributed by atoms with E-state index >= 15 is 0 Å². The molecule has 0 spiro atoms. The lowest BCUT2D eigenvalue weighted by atomic mass is 10.0. The zero-order chi connectivity index (χ0) is 17.3. The molecule has 1 atom stereocenters. The predicted octanol–water partition coefficient (Wildman–Crippen LogP) is 1.43. The van der Waals surface area contributed by atoms with Gasteiger partial charge in [0.15, 0.2) is 0 Å². The minimum absolute atomic E-state index is 0.185. The number of rotatable bonds is 4. The summed E-state index contributed by atoms with van der Waals surface area (Å²) in [4.78, 5) is 14.0. The summed E-state index contributed by atoms with van der Waals surface area (Å²) in [6.45, 7) is 6.54. The highest BCUT2D eigenvalue weighted by Gasteiger charge is 2.36. The molecule has 1 aromatic carbocycles. The van der Waals surface area contributed by atoms with Crippen molar-refractivity contribution in [2.75, 3.05) is 32.8 Å². The van der Waals surface area contributed by atoms with Crippen molar-refractivity contribution >= 4 is 16.0 Å². The number of benzene rings is 1. The molecule has 0 aliphatic carbocycles. The zero-order valence-electron chi connectivity index (χ0n) is 14.1.